The van der Waals surface area contributed by atoms with E-state index >= 15 is 0 Å². The third kappa shape index (κ3) is 3.30. The first-order valence-electron chi connectivity index (χ1n) is 7.61. The Kier molecular flexibility index (Phi) is 4.52. The van der Waals surface area contributed by atoms with Crippen molar-refractivity contribution in [3.63, 3.8) is 0 Å². The van der Waals surface area contributed by atoms with E-state index in [4.69, 9.17) is 6.42 Å². The van der Waals surface area contributed by atoms with Gasteiger partial charge in [0.2, 0.25) is 5.91 Å². The molecule has 19 heavy (non-hydrogen) atoms. The molecule has 3 nitrogen and oxygen atoms in total. The van der Waals surface area contributed by atoms with Crippen LogP contribution in [-0.2, 0) is 4.79 Å². The summed E-state index contributed by atoms with van der Waals surface area (Å²) in [6.45, 7) is 6.59. The minimum absolute atomic E-state index is 0.185. The summed E-state index contributed by atoms with van der Waals surface area (Å²) in [6, 6.07) is 0.411. The maximum Gasteiger partial charge on any atom is 0.234 e. The lowest BCUT2D eigenvalue weighted by molar-refractivity contribution is -0.122. The molecule has 1 N–H and O–H groups in total. The number of amides is 1. The third-order valence-electron chi connectivity index (χ3n) is 5.00. The predicted octanol–water partition coefficient (Wildman–Crippen LogP) is 2.03. The topological polar surface area (TPSA) is 32.3 Å². The van der Waals surface area contributed by atoms with Crippen molar-refractivity contribution in [2.75, 3.05) is 19.6 Å². The molecule has 0 aliphatic heterocycles. The standard InChI is InChI=1S/C16H26N2O/c1-4-13-7-9-16(10-8-13)11-14(16)17-15(19)12-18(5-2)6-3/h1,13-14H,5-12H2,2-3H3,(H,17,19)/t13?,14-,16?/m1/s1. The monoisotopic (exact) mass is 262 g/mol. The Morgan fingerprint density at radius 3 is 2.53 bits per heavy atom. The van der Waals surface area contributed by atoms with Crippen molar-refractivity contribution >= 4 is 5.91 Å². The first-order chi connectivity index (χ1) is 9.13. The van der Waals surface area contributed by atoms with Crippen molar-refractivity contribution in [3.8, 4) is 12.3 Å². The fraction of sp³-hybridized carbons (Fsp3) is 0.812. The largest absolute Gasteiger partial charge is 0.352 e. The summed E-state index contributed by atoms with van der Waals surface area (Å²) in [5, 5.41) is 3.21. The van der Waals surface area contributed by atoms with Gasteiger partial charge in [-0.3, -0.25) is 9.69 Å². The van der Waals surface area contributed by atoms with Crippen LogP contribution in [0.2, 0.25) is 0 Å². The average molecular weight is 262 g/mol. The van der Waals surface area contributed by atoms with Gasteiger partial charge in [-0.2, -0.15) is 0 Å². The second kappa shape index (κ2) is 5.96. The molecule has 0 unspecified atom stereocenters. The number of likely N-dealkylation sites (N-methyl/N-ethyl adjacent to an activating group) is 1. The van der Waals surface area contributed by atoms with Crippen LogP contribution in [0.25, 0.3) is 0 Å². The summed E-state index contributed by atoms with van der Waals surface area (Å²) in [5.74, 6) is 3.53. The van der Waals surface area contributed by atoms with Gasteiger partial charge in [-0.05, 0) is 50.6 Å². The van der Waals surface area contributed by atoms with Gasteiger partial charge < -0.3 is 5.32 Å². The van der Waals surface area contributed by atoms with Crippen molar-refractivity contribution in [2.45, 2.75) is 52.0 Å². The van der Waals surface area contributed by atoms with Gasteiger partial charge in [0, 0.05) is 12.0 Å². The highest BCUT2D eigenvalue weighted by molar-refractivity contribution is 5.78. The van der Waals surface area contributed by atoms with Gasteiger partial charge in [0.1, 0.15) is 0 Å². The van der Waals surface area contributed by atoms with Gasteiger partial charge in [0.05, 0.1) is 6.54 Å². The molecule has 3 heteroatoms. The highest BCUT2D eigenvalue weighted by Crippen LogP contribution is 2.57. The summed E-state index contributed by atoms with van der Waals surface area (Å²) >= 11 is 0. The van der Waals surface area contributed by atoms with E-state index in [-0.39, 0.29) is 5.91 Å². The first kappa shape index (κ1) is 14.4. The second-order valence-corrected chi connectivity index (χ2v) is 6.09. The fourth-order valence-corrected chi connectivity index (χ4v) is 3.35. The first-order valence-corrected chi connectivity index (χ1v) is 7.61. The van der Waals surface area contributed by atoms with Gasteiger partial charge in [-0.25, -0.2) is 0 Å². The van der Waals surface area contributed by atoms with Gasteiger partial charge in [0.15, 0.2) is 0 Å². The van der Waals surface area contributed by atoms with Crippen molar-refractivity contribution in [3.05, 3.63) is 0 Å². The molecule has 2 rings (SSSR count). The van der Waals surface area contributed by atoms with E-state index in [0.717, 1.165) is 32.4 Å². The molecule has 2 fully saturated rings. The molecule has 1 amide bonds. The average Bonchev–Trinajstić information content (AvgIpc) is 3.08. The molecule has 0 radical (unpaired) electrons. The van der Waals surface area contributed by atoms with Gasteiger partial charge >= 0.3 is 0 Å². The molecule has 2 saturated carbocycles. The summed E-state index contributed by atoms with van der Waals surface area (Å²) in [6.07, 6.45) is 11.3. The Morgan fingerprint density at radius 2 is 2.00 bits per heavy atom. The van der Waals surface area contributed by atoms with Gasteiger partial charge in [-0.15, -0.1) is 12.3 Å². The summed E-state index contributed by atoms with van der Waals surface area (Å²) in [4.78, 5) is 14.1. The number of rotatable bonds is 5. The third-order valence-corrected chi connectivity index (χ3v) is 5.00. The van der Waals surface area contributed by atoms with Crippen molar-refractivity contribution in [1.29, 1.82) is 0 Å². The number of hydrogen-bond donors (Lipinski definition) is 1. The lowest BCUT2D eigenvalue weighted by atomic mass is 9.79. The van der Waals surface area contributed by atoms with Gasteiger partial charge in [-0.1, -0.05) is 13.8 Å². The van der Waals surface area contributed by atoms with Crippen LogP contribution in [0, 0.1) is 23.7 Å². The molecular formula is C16H26N2O. The zero-order valence-corrected chi connectivity index (χ0v) is 12.2. The number of nitrogens with zero attached hydrogens (tertiary/aromatic N) is 1. The Labute approximate surface area is 117 Å². The molecule has 1 atom stereocenters. The quantitative estimate of drug-likeness (QED) is 0.769. The summed E-state index contributed by atoms with van der Waals surface area (Å²) in [7, 11) is 0. The SMILES string of the molecule is C#CC1CCC2(CC1)C[C@H]2NC(=O)CN(CC)CC. The smallest absolute Gasteiger partial charge is 0.234 e. The van der Waals surface area contributed by atoms with Crippen LogP contribution >= 0.6 is 0 Å². The number of terminal acetylenes is 1. The molecule has 0 aromatic heterocycles. The Balaban J connectivity index is 1.75. The molecule has 0 aromatic carbocycles. The zero-order valence-electron chi connectivity index (χ0n) is 12.2. The normalized spacial score (nSPS) is 33.2. The van der Waals surface area contributed by atoms with E-state index in [0.29, 0.717) is 23.9 Å². The lowest BCUT2D eigenvalue weighted by Gasteiger charge is -2.27. The maximum atomic E-state index is 12.0. The number of carbonyl (C=O) groups excluding carboxylic acids is 1. The molecule has 0 aromatic rings. The maximum absolute atomic E-state index is 12.0. The summed E-state index contributed by atoms with van der Waals surface area (Å²) < 4.78 is 0. The van der Waals surface area contributed by atoms with E-state index in [9.17, 15) is 4.79 Å². The minimum atomic E-state index is 0.185. The van der Waals surface area contributed by atoms with Crippen LogP contribution in [0.4, 0.5) is 0 Å². The Morgan fingerprint density at radius 1 is 1.37 bits per heavy atom. The second-order valence-electron chi connectivity index (χ2n) is 6.09. The predicted molar refractivity (Wildman–Crippen MR) is 77.6 cm³/mol. The molecule has 2 aliphatic carbocycles. The van der Waals surface area contributed by atoms with Crippen LogP contribution in [0.5, 0.6) is 0 Å². The molecule has 0 heterocycles. The highest BCUT2D eigenvalue weighted by atomic mass is 16.2. The van der Waals surface area contributed by atoms with Crippen molar-refractivity contribution in [1.82, 2.24) is 10.2 Å². The summed E-state index contributed by atoms with van der Waals surface area (Å²) in [5.41, 5.74) is 0.395. The number of hydrogen-bond acceptors (Lipinski definition) is 2. The van der Waals surface area contributed by atoms with Crippen molar-refractivity contribution < 1.29 is 4.79 Å². The van der Waals surface area contributed by atoms with Crippen LogP contribution in [0.15, 0.2) is 0 Å². The van der Waals surface area contributed by atoms with Crippen LogP contribution in [0.3, 0.4) is 0 Å². The number of nitrogens with one attached hydrogen (secondary N) is 1. The van der Waals surface area contributed by atoms with E-state index in [1.54, 1.807) is 0 Å². The van der Waals surface area contributed by atoms with E-state index < -0.39 is 0 Å². The molecule has 106 valence electrons. The number of carbonyl (C=O) groups is 1. The fourth-order valence-electron chi connectivity index (χ4n) is 3.35. The van der Waals surface area contributed by atoms with Crippen LogP contribution < -0.4 is 5.32 Å². The highest BCUT2D eigenvalue weighted by Gasteiger charge is 2.55. The van der Waals surface area contributed by atoms with Crippen LogP contribution in [0.1, 0.15) is 46.0 Å². The molecule has 0 bridgehead atoms. The Bertz CT molecular complexity index is 359. The van der Waals surface area contributed by atoms with E-state index in [1.165, 1.54) is 12.8 Å². The minimum Gasteiger partial charge on any atom is -0.352 e. The zero-order chi connectivity index (χ0) is 13.9. The van der Waals surface area contributed by atoms with E-state index in [2.05, 4.69) is 30.0 Å². The molecular weight excluding hydrogens is 236 g/mol. The van der Waals surface area contributed by atoms with Crippen molar-refractivity contribution in [2.24, 2.45) is 11.3 Å². The van der Waals surface area contributed by atoms with Crippen LogP contribution in [-0.4, -0.2) is 36.5 Å². The van der Waals surface area contributed by atoms with Gasteiger partial charge in [0.25, 0.3) is 0 Å². The molecule has 0 saturated heterocycles. The molecule has 1 spiro atoms. The lowest BCUT2D eigenvalue weighted by Crippen LogP contribution is -2.39. The molecule has 2 aliphatic rings. The Hall–Kier alpha value is -1.01. The van der Waals surface area contributed by atoms with E-state index in [1.807, 2.05) is 0 Å².